The lowest BCUT2D eigenvalue weighted by Gasteiger charge is -2.12. The quantitative estimate of drug-likeness (QED) is 0.371. The third-order valence-corrected chi connectivity index (χ3v) is 9.44. The van der Waals surface area contributed by atoms with Gasteiger partial charge in [-0.25, -0.2) is 22.3 Å². The number of hydrogen-bond donors (Lipinski definition) is 1. The summed E-state index contributed by atoms with van der Waals surface area (Å²) in [4.78, 5) is 27.2. The highest BCUT2D eigenvalue weighted by Gasteiger charge is 2.41. The molecular weight excluding hydrogens is 509 g/mol. The molecule has 0 saturated heterocycles. The number of nitrogens with one attached hydrogen (secondary N) is 1. The number of sulfonamides is 1. The van der Waals surface area contributed by atoms with Crippen molar-refractivity contribution in [3.05, 3.63) is 74.4 Å². The molecule has 0 spiro atoms. The van der Waals surface area contributed by atoms with Gasteiger partial charge < -0.3 is 4.74 Å². The molecule has 0 atom stereocenters. The van der Waals surface area contributed by atoms with Gasteiger partial charge in [0, 0.05) is 24.3 Å². The van der Waals surface area contributed by atoms with Gasteiger partial charge in [0.15, 0.2) is 11.6 Å². The molecule has 0 aliphatic heterocycles. The van der Waals surface area contributed by atoms with Crippen molar-refractivity contribution in [2.75, 3.05) is 7.11 Å². The Labute approximate surface area is 209 Å². The molecule has 1 fully saturated rings. The second kappa shape index (κ2) is 8.68. The molecule has 0 bridgehead atoms. The molecule has 0 amide bonds. The fourth-order valence-electron chi connectivity index (χ4n) is 3.97. The van der Waals surface area contributed by atoms with E-state index in [4.69, 9.17) is 4.74 Å². The molecular formula is C23H24FN5O5S2. The third-order valence-electron chi connectivity index (χ3n) is 6.17. The number of benzene rings is 1. The number of thiophene rings is 1. The van der Waals surface area contributed by atoms with Gasteiger partial charge in [-0.3, -0.25) is 18.6 Å². The summed E-state index contributed by atoms with van der Waals surface area (Å²) in [6, 6.07) is 5.52. The van der Waals surface area contributed by atoms with Crippen LogP contribution in [0.25, 0.3) is 10.2 Å². The van der Waals surface area contributed by atoms with Crippen LogP contribution >= 0.6 is 11.3 Å². The summed E-state index contributed by atoms with van der Waals surface area (Å²) in [6.45, 7) is 1.75. The van der Waals surface area contributed by atoms with Crippen molar-refractivity contribution in [3.63, 3.8) is 0 Å². The largest absolute Gasteiger partial charge is 0.494 e. The van der Waals surface area contributed by atoms with Crippen molar-refractivity contribution in [1.82, 2.24) is 23.6 Å². The van der Waals surface area contributed by atoms with Crippen LogP contribution in [-0.2, 0) is 30.2 Å². The summed E-state index contributed by atoms with van der Waals surface area (Å²) in [7, 11) is -0.840. The molecule has 13 heteroatoms. The SMILES string of the molecule is COc1cc(Cn2c(=O)n(Cc3cnn(C)c3)c(=O)c3cc(S(=O)(=O)NC4(C)CC4)sc32)ccc1F. The first-order chi connectivity index (χ1) is 17.0. The predicted molar refractivity (Wildman–Crippen MR) is 133 cm³/mol. The molecule has 10 nitrogen and oxygen atoms in total. The summed E-state index contributed by atoms with van der Waals surface area (Å²) < 4.78 is 51.7. The van der Waals surface area contributed by atoms with Crippen LogP contribution in [0, 0.1) is 5.82 Å². The molecule has 5 rings (SSSR count). The maximum absolute atomic E-state index is 14.0. The van der Waals surface area contributed by atoms with Crippen molar-refractivity contribution in [2.24, 2.45) is 7.05 Å². The van der Waals surface area contributed by atoms with E-state index >= 15 is 0 Å². The van der Waals surface area contributed by atoms with Crippen LogP contribution in [0.2, 0.25) is 0 Å². The Bertz CT molecular complexity index is 1710. The number of aromatic nitrogens is 4. The maximum atomic E-state index is 14.0. The molecule has 1 aromatic carbocycles. The highest BCUT2D eigenvalue weighted by atomic mass is 32.2. The molecule has 36 heavy (non-hydrogen) atoms. The lowest BCUT2D eigenvalue weighted by atomic mass is 10.2. The highest BCUT2D eigenvalue weighted by Crippen LogP contribution is 2.37. The Morgan fingerprint density at radius 2 is 1.89 bits per heavy atom. The van der Waals surface area contributed by atoms with Crippen LogP contribution in [0.4, 0.5) is 4.39 Å². The zero-order chi connectivity index (χ0) is 25.8. The number of fused-ring (bicyclic) bond motifs is 1. The van der Waals surface area contributed by atoms with Gasteiger partial charge in [0.1, 0.15) is 9.04 Å². The Hall–Kier alpha value is -3.29. The summed E-state index contributed by atoms with van der Waals surface area (Å²) >= 11 is 0.856. The minimum atomic E-state index is -3.90. The maximum Gasteiger partial charge on any atom is 0.332 e. The number of rotatable bonds is 8. The van der Waals surface area contributed by atoms with Crippen LogP contribution in [0.3, 0.4) is 0 Å². The van der Waals surface area contributed by atoms with Crippen LogP contribution in [0.1, 0.15) is 30.9 Å². The number of nitrogens with zero attached hydrogens (tertiary/aromatic N) is 4. The average molecular weight is 534 g/mol. The molecule has 3 heterocycles. The summed E-state index contributed by atoms with van der Waals surface area (Å²) in [5.74, 6) is -0.541. The third kappa shape index (κ3) is 4.49. The monoisotopic (exact) mass is 533 g/mol. The molecule has 3 aromatic heterocycles. The van der Waals surface area contributed by atoms with E-state index in [9.17, 15) is 22.4 Å². The fraction of sp³-hybridized carbons (Fsp3) is 0.348. The van der Waals surface area contributed by atoms with E-state index in [1.54, 1.807) is 24.1 Å². The van der Waals surface area contributed by atoms with E-state index in [1.807, 2.05) is 6.92 Å². The van der Waals surface area contributed by atoms with Crippen LogP contribution in [0.15, 0.2) is 50.5 Å². The van der Waals surface area contributed by atoms with Crippen molar-refractivity contribution in [3.8, 4) is 5.75 Å². The highest BCUT2D eigenvalue weighted by molar-refractivity contribution is 7.91. The van der Waals surface area contributed by atoms with Crippen LogP contribution in [0.5, 0.6) is 5.75 Å². The Morgan fingerprint density at radius 3 is 2.53 bits per heavy atom. The van der Waals surface area contributed by atoms with Gasteiger partial charge in [-0.05, 0) is 43.5 Å². The number of ether oxygens (including phenoxy) is 1. The minimum Gasteiger partial charge on any atom is -0.494 e. The molecule has 4 aromatic rings. The Kier molecular flexibility index (Phi) is 5.88. The standard InChI is InChI=1S/C23H24FN5O5S2/c1-23(6-7-23)26-36(32,33)19-9-16-20(30)28(13-15-10-25-27(2)11-15)22(31)29(21(16)35-19)12-14-4-5-17(24)18(8-14)34-3/h4-5,8-11,26H,6-7,12-13H2,1-3H3. The number of halogens is 1. The number of aryl methyl sites for hydroxylation is 1. The van der Waals surface area contributed by atoms with Crippen molar-refractivity contribution < 1.29 is 17.5 Å². The topological polar surface area (TPSA) is 117 Å². The molecule has 0 unspecified atom stereocenters. The summed E-state index contributed by atoms with van der Waals surface area (Å²) in [5.41, 5.74) is -0.531. The van der Waals surface area contributed by atoms with Crippen molar-refractivity contribution in [2.45, 2.75) is 42.6 Å². The van der Waals surface area contributed by atoms with Crippen molar-refractivity contribution >= 4 is 31.6 Å². The molecule has 0 radical (unpaired) electrons. The van der Waals surface area contributed by atoms with Gasteiger partial charge in [-0.2, -0.15) is 5.10 Å². The van der Waals surface area contributed by atoms with Gasteiger partial charge in [-0.15, -0.1) is 11.3 Å². The first-order valence-electron chi connectivity index (χ1n) is 11.1. The van der Waals surface area contributed by atoms with E-state index in [2.05, 4.69) is 9.82 Å². The molecule has 1 aliphatic rings. The second-order valence-corrected chi connectivity index (χ2v) is 12.1. The van der Waals surface area contributed by atoms with Gasteiger partial charge in [0.05, 0.1) is 31.8 Å². The molecule has 1 saturated carbocycles. The van der Waals surface area contributed by atoms with E-state index in [0.29, 0.717) is 11.1 Å². The lowest BCUT2D eigenvalue weighted by Crippen LogP contribution is -2.40. The molecule has 1 aliphatic carbocycles. The van der Waals surface area contributed by atoms with E-state index in [0.717, 1.165) is 28.7 Å². The average Bonchev–Trinajstić information content (AvgIpc) is 3.20. The molecule has 1 N–H and O–H groups in total. The van der Waals surface area contributed by atoms with E-state index < -0.39 is 32.6 Å². The second-order valence-electron chi connectivity index (χ2n) is 9.20. The van der Waals surface area contributed by atoms with Gasteiger partial charge >= 0.3 is 5.69 Å². The molecule has 190 valence electrons. The smallest absolute Gasteiger partial charge is 0.332 e. The van der Waals surface area contributed by atoms with Gasteiger partial charge in [0.25, 0.3) is 15.6 Å². The zero-order valence-electron chi connectivity index (χ0n) is 19.8. The summed E-state index contributed by atoms with van der Waals surface area (Å²) in [6.07, 6.45) is 4.70. The first kappa shape index (κ1) is 24.4. The minimum absolute atomic E-state index is 0.0109. The van der Waals surface area contributed by atoms with E-state index in [1.165, 1.54) is 35.9 Å². The lowest BCUT2D eigenvalue weighted by molar-refractivity contribution is 0.385. The van der Waals surface area contributed by atoms with Crippen LogP contribution in [-0.4, -0.2) is 40.0 Å². The van der Waals surface area contributed by atoms with Gasteiger partial charge in [0.2, 0.25) is 0 Å². The van der Waals surface area contributed by atoms with Crippen LogP contribution < -0.4 is 20.7 Å². The van der Waals surface area contributed by atoms with Crippen molar-refractivity contribution in [1.29, 1.82) is 0 Å². The zero-order valence-corrected chi connectivity index (χ0v) is 21.5. The Morgan fingerprint density at radius 1 is 1.17 bits per heavy atom. The number of methoxy groups -OCH3 is 1. The first-order valence-corrected chi connectivity index (χ1v) is 13.4. The predicted octanol–water partition coefficient (Wildman–Crippen LogP) is 2.03. The van der Waals surface area contributed by atoms with E-state index in [-0.39, 0.29) is 33.3 Å². The fourth-order valence-corrected chi connectivity index (χ4v) is 6.88. The normalized spacial score (nSPS) is 14.9. The van der Waals surface area contributed by atoms with Gasteiger partial charge in [-0.1, -0.05) is 6.07 Å². The number of hydrogen-bond acceptors (Lipinski definition) is 7. The Balaban J connectivity index is 1.69. The summed E-state index contributed by atoms with van der Waals surface area (Å²) in [5, 5.41) is 4.20.